The summed E-state index contributed by atoms with van der Waals surface area (Å²) in [7, 11) is -8.16. The lowest BCUT2D eigenvalue weighted by atomic mass is 10.1. The largest absolute Gasteiger partial charge is 0.462 e. The monoisotopic (exact) mass is 557 g/mol. The number of amides is 1. The highest BCUT2D eigenvalue weighted by Gasteiger charge is 2.43. The van der Waals surface area contributed by atoms with Gasteiger partial charge in [0.1, 0.15) is 6.04 Å². The van der Waals surface area contributed by atoms with E-state index in [0.29, 0.717) is 0 Å². The zero-order chi connectivity index (χ0) is 27.3. The molecule has 12 heteroatoms. The molecule has 1 saturated heterocycles. The zero-order valence-corrected chi connectivity index (χ0v) is 22.2. The number of para-hydroxylation sites is 1. The van der Waals surface area contributed by atoms with Gasteiger partial charge in [0.05, 0.1) is 27.6 Å². The summed E-state index contributed by atoms with van der Waals surface area (Å²) >= 11 is 0. The van der Waals surface area contributed by atoms with Gasteiger partial charge in [0, 0.05) is 19.6 Å². The number of ether oxygens (including phenoxy) is 1. The molecule has 0 unspecified atom stereocenters. The molecule has 4 rings (SSSR count). The first-order valence-corrected chi connectivity index (χ1v) is 14.7. The molecule has 3 aromatic rings. The van der Waals surface area contributed by atoms with Gasteiger partial charge < -0.3 is 10.1 Å². The summed E-state index contributed by atoms with van der Waals surface area (Å²) in [5.41, 5.74) is 0.209. The minimum Gasteiger partial charge on any atom is -0.462 e. The third kappa shape index (κ3) is 5.63. The predicted octanol–water partition coefficient (Wildman–Crippen LogP) is 2.57. The molecule has 1 amide bonds. The van der Waals surface area contributed by atoms with Crippen molar-refractivity contribution in [2.24, 2.45) is 0 Å². The zero-order valence-electron chi connectivity index (χ0n) is 20.6. The normalized spacial score (nSPS) is 17.0. The van der Waals surface area contributed by atoms with E-state index in [1.54, 1.807) is 55.5 Å². The molecule has 200 valence electrons. The minimum absolute atomic E-state index is 0.0240. The van der Waals surface area contributed by atoms with Crippen LogP contribution in [0.3, 0.4) is 0 Å². The van der Waals surface area contributed by atoms with Gasteiger partial charge in [-0.2, -0.15) is 8.61 Å². The van der Waals surface area contributed by atoms with Crippen molar-refractivity contribution in [2.45, 2.75) is 22.8 Å². The molecule has 0 saturated carbocycles. The van der Waals surface area contributed by atoms with Crippen LogP contribution in [0.2, 0.25) is 0 Å². The number of carbonyl (C=O) groups excluding carboxylic acids is 2. The van der Waals surface area contributed by atoms with Crippen LogP contribution in [0.5, 0.6) is 0 Å². The van der Waals surface area contributed by atoms with Gasteiger partial charge in [-0.3, -0.25) is 4.79 Å². The van der Waals surface area contributed by atoms with Crippen molar-refractivity contribution >= 4 is 37.6 Å². The second-order valence-corrected chi connectivity index (χ2v) is 12.2. The van der Waals surface area contributed by atoms with Crippen molar-refractivity contribution in [3.8, 4) is 0 Å². The maximum atomic E-state index is 13.6. The van der Waals surface area contributed by atoms with E-state index in [-0.39, 0.29) is 40.7 Å². The van der Waals surface area contributed by atoms with Crippen LogP contribution in [0.1, 0.15) is 17.3 Å². The molecule has 0 bridgehead atoms. The van der Waals surface area contributed by atoms with Gasteiger partial charge in [-0.05, 0) is 43.3 Å². The Balaban J connectivity index is 1.70. The van der Waals surface area contributed by atoms with E-state index in [0.717, 1.165) is 8.61 Å². The summed E-state index contributed by atoms with van der Waals surface area (Å²) in [6.45, 7) is 0.957. The number of anilines is 1. The van der Waals surface area contributed by atoms with E-state index >= 15 is 0 Å². The van der Waals surface area contributed by atoms with Crippen LogP contribution in [0.4, 0.5) is 5.69 Å². The molecular weight excluding hydrogens is 530 g/mol. The Kier molecular flexibility index (Phi) is 8.26. The smallest absolute Gasteiger partial charge is 0.340 e. The molecule has 3 aromatic carbocycles. The average Bonchev–Trinajstić information content (AvgIpc) is 2.94. The van der Waals surface area contributed by atoms with Crippen molar-refractivity contribution in [3.63, 3.8) is 0 Å². The summed E-state index contributed by atoms with van der Waals surface area (Å²) in [6.07, 6.45) is 0. The van der Waals surface area contributed by atoms with E-state index in [1.165, 1.54) is 36.4 Å². The molecule has 1 atom stereocenters. The molecular formula is C26H27N3O7S2. The summed E-state index contributed by atoms with van der Waals surface area (Å²) in [5, 5.41) is 2.62. The summed E-state index contributed by atoms with van der Waals surface area (Å²) in [4.78, 5) is 26.0. The number of hydrogen-bond donors (Lipinski definition) is 1. The SMILES string of the molecule is CCOC(=O)c1ccccc1NC(=O)[C@H]1CN(S(=O)(=O)c2ccccc2)CCN1S(=O)(=O)c1ccccc1. The van der Waals surface area contributed by atoms with E-state index in [2.05, 4.69) is 5.32 Å². The summed E-state index contributed by atoms with van der Waals surface area (Å²) < 4.78 is 60.9. The number of benzene rings is 3. The predicted molar refractivity (Wildman–Crippen MR) is 140 cm³/mol. The van der Waals surface area contributed by atoms with Crippen molar-refractivity contribution in [1.82, 2.24) is 8.61 Å². The molecule has 0 spiro atoms. The molecule has 38 heavy (non-hydrogen) atoms. The Bertz CT molecular complexity index is 1510. The standard InChI is InChI=1S/C26H27N3O7S2/c1-2-36-26(31)22-15-9-10-16-23(22)27-25(30)24-19-28(37(32,33)20-11-5-3-6-12-20)17-18-29(24)38(34,35)21-13-7-4-8-14-21/h3-16,24H,2,17-19H2,1H3,(H,27,30)/t24-/m1/s1. The van der Waals surface area contributed by atoms with Gasteiger partial charge in [0.2, 0.25) is 26.0 Å². The molecule has 10 nitrogen and oxygen atoms in total. The van der Waals surface area contributed by atoms with Gasteiger partial charge in [0.15, 0.2) is 0 Å². The lowest BCUT2D eigenvalue weighted by Gasteiger charge is -2.39. The van der Waals surface area contributed by atoms with E-state index in [9.17, 15) is 26.4 Å². The number of hydrogen-bond acceptors (Lipinski definition) is 7. The highest BCUT2D eigenvalue weighted by Crippen LogP contribution is 2.27. The fraction of sp³-hybridized carbons (Fsp3) is 0.231. The van der Waals surface area contributed by atoms with Crippen LogP contribution < -0.4 is 5.32 Å². The van der Waals surface area contributed by atoms with Crippen LogP contribution in [0.15, 0.2) is 94.7 Å². The van der Waals surface area contributed by atoms with Crippen molar-refractivity contribution in [1.29, 1.82) is 0 Å². The number of sulfonamides is 2. The first kappa shape index (κ1) is 27.5. The van der Waals surface area contributed by atoms with E-state index in [1.807, 2.05) is 0 Å². The molecule has 0 radical (unpaired) electrons. The second-order valence-electron chi connectivity index (χ2n) is 8.38. The number of nitrogens with one attached hydrogen (secondary N) is 1. The number of piperazine rings is 1. The maximum absolute atomic E-state index is 13.6. The minimum atomic E-state index is -4.16. The lowest BCUT2D eigenvalue weighted by molar-refractivity contribution is -0.120. The third-order valence-corrected chi connectivity index (χ3v) is 9.81. The van der Waals surface area contributed by atoms with Crippen LogP contribution in [-0.4, -0.2) is 69.6 Å². The quantitative estimate of drug-likeness (QED) is 0.421. The van der Waals surface area contributed by atoms with Crippen LogP contribution >= 0.6 is 0 Å². The van der Waals surface area contributed by atoms with Gasteiger partial charge >= 0.3 is 5.97 Å². The molecule has 1 aliphatic heterocycles. The fourth-order valence-corrected chi connectivity index (χ4v) is 7.18. The summed E-state index contributed by atoms with van der Waals surface area (Å²) in [6, 6.07) is 20.1. The van der Waals surface area contributed by atoms with Crippen LogP contribution in [-0.2, 0) is 29.6 Å². The number of nitrogens with zero attached hydrogens (tertiary/aromatic N) is 2. The number of rotatable bonds is 8. The van der Waals surface area contributed by atoms with Crippen LogP contribution in [0.25, 0.3) is 0 Å². The van der Waals surface area contributed by atoms with Gasteiger partial charge in [-0.15, -0.1) is 0 Å². The first-order chi connectivity index (χ1) is 18.2. The number of esters is 1. The highest BCUT2D eigenvalue weighted by atomic mass is 32.2. The molecule has 1 N–H and O–H groups in total. The third-order valence-electron chi connectivity index (χ3n) is 6.01. The molecule has 0 aliphatic carbocycles. The topological polar surface area (TPSA) is 130 Å². The van der Waals surface area contributed by atoms with Crippen LogP contribution in [0, 0.1) is 0 Å². The van der Waals surface area contributed by atoms with Gasteiger partial charge in [-0.1, -0.05) is 48.5 Å². The molecule has 0 aromatic heterocycles. The molecule has 1 aliphatic rings. The first-order valence-electron chi connectivity index (χ1n) is 11.9. The highest BCUT2D eigenvalue weighted by molar-refractivity contribution is 7.89. The van der Waals surface area contributed by atoms with Crippen molar-refractivity contribution in [3.05, 3.63) is 90.5 Å². The van der Waals surface area contributed by atoms with Gasteiger partial charge in [0.25, 0.3) is 0 Å². The Morgan fingerprint density at radius 1 is 0.816 bits per heavy atom. The lowest BCUT2D eigenvalue weighted by Crippen LogP contribution is -2.60. The van der Waals surface area contributed by atoms with Crippen molar-refractivity contribution < 1.29 is 31.2 Å². The number of carbonyl (C=O) groups is 2. The Hall–Kier alpha value is -3.58. The fourth-order valence-electron chi connectivity index (χ4n) is 4.13. The van der Waals surface area contributed by atoms with Gasteiger partial charge in [-0.25, -0.2) is 21.6 Å². The average molecular weight is 558 g/mol. The molecule has 1 heterocycles. The Morgan fingerprint density at radius 3 is 1.97 bits per heavy atom. The van der Waals surface area contributed by atoms with Crippen molar-refractivity contribution in [2.75, 3.05) is 31.6 Å². The Morgan fingerprint density at radius 2 is 1.37 bits per heavy atom. The van der Waals surface area contributed by atoms with E-state index in [4.69, 9.17) is 4.74 Å². The Labute approximate surface area is 221 Å². The summed E-state index contributed by atoms with van der Waals surface area (Å²) in [5.74, 6) is -1.44. The maximum Gasteiger partial charge on any atom is 0.340 e. The van der Waals surface area contributed by atoms with E-state index < -0.39 is 44.5 Å². The molecule has 1 fully saturated rings. The second kappa shape index (κ2) is 11.4.